The van der Waals surface area contributed by atoms with Crippen molar-refractivity contribution in [3.8, 4) is 0 Å². The second-order valence-corrected chi connectivity index (χ2v) is 13.6. The van der Waals surface area contributed by atoms with Gasteiger partial charge >= 0.3 is 0 Å². The van der Waals surface area contributed by atoms with E-state index in [1.807, 2.05) is 75.4 Å². The predicted molar refractivity (Wildman–Crippen MR) is 168 cm³/mol. The minimum atomic E-state index is -3.82. The van der Waals surface area contributed by atoms with E-state index < -0.39 is 28.5 Å². The van der Waals surface area contributed by atoms with Crippen molar-refractivity contribution in [2.24, 2.45) is 0 Å². The number of carbonyl (C=O) groups excluding carboxylic acids is 2. The summed E-state index contributed by atoms with van der Waals surface area (Å²) in [6.45, 7) is 5.43. The van der Waals surface area contributed by atoms with Crippen molar-refractivity contribution < 1.29 is 18.0 Å². The molecule has 3 aromatic rings. The minimum absolute atomic E-state index is 0.0892. The van der Waals surface area contributed by atoms with Crippen molar-refractivity contribution in [1.29, 1.82) is 0 Å². The molecule has 2 amide bonds. The second kappa shape index (κ2) is 14.3. The highest BCUT2D eigenvalue weighted by Crippen LogP contribution is 2.25. The summed E-state index contributed by atoms with van der Waals surface area (Å²) in [7, 11) is -3.82. The van der Waals surface area contributed by atoms with Gasteiger partial charge in [0.1, 0.15) is 12.6 Å². The zero-order valence-corrected chi connectivity index (χ0v) is 27.1. The molecule has 0 bridgehead atoms. The summed E-state index contributed by atoms with van der Waals surface area (Å²) in [6, 6.07) is 21.2. The van der Waals surface area contributed by atoms with Crippen LogP contribution in [0.1, 0.15) is 37.0 Å². The molecule has 3 aromatic carbocycles. The van der Waals surface area contributed by atoms with Crippen molar-refractivity contribution in [2.75, 3.05) is 17.1 Å². The lowest BCUT2D eigenvalue weighted by atomic mass is 10.0. The molecule has 40 heavy (non-hydrogen) atoms. The maximum Gasteiger partial charge on any atom is 0.244 e. The van der Waals surface area contributed by atoms with E-state index in [1.54, 1.807) is 18.2 Å². The highest BCUT2D eigenvalue weighted by molar-refractivity contribution is 9.10. The zero-order chi connectivity index (χ0) is 29.4. The van der Waals surface area contributed by atoms with Crippen molar-refractivity contribution in [3.05, 3.63) is 98.4 Å². The van der Waals surface area contributed by atoms with Gasteiger partial charge in [0, 0.05) is 28.0 Å². The van der Waals surface area contributed by atoms with E-state index in [9.17, 15) is 18.0 Å². The molecule has 0 aliphatic heterocycles. The molecule has 0 saturated carbocycles. The summed E-state index contributed by atoms with van der Waals surface area (Å²) >= 11 is 6.89. The first-order chi connectivity index (χ1) is 18.9. The van der Waals surface area contributed by atoms with Crippen molar-refractivity contribution >= 4 is 59.4 Å². The number of amides is 2. The highest BCUT2D eigenvalue weighted by atomic mass is 79.9. The standard InChI is InChI=1S/C30H35Br2N3O4S/c1-5-22(3)33-30(37)28(18-23-9-7-6-8-10-23)34(19-24-11-13-25(31)14-12-24)29(36)20-35(40(4,38)39)26-15-16-27(32)21(2)17-26/h6-17,22,28H,5,18-20H2,1-4H3,(H,33,37). The molecule has 2 atom stereocenters. The quantitative estimate of drug-likeness (QED) is 0.259. The molecule has 1 N–H and O–H groups in total. The van der Waals surface area contributed by atoms with Gasteiger partial charge in [-0.25, -0.2) is 8.42 Å². The highest BCUT2D eigenvalue weighted by Gasteiger charge is 2.33. The first-order valence-corrected chi connectivity index (χ1v) is 16.4. The maximum absolute atomic E-state index is 14.1. The molecule has 7 nitrogen and oxygen atoms in total. The molecule has 0 radical (unpaired) electrons. The van der Waals surface area contributed by atoms with Crippen LogP contribution in [0.15, 0.2) is 81.7 Å². The van der Waals surface area contributed by atoms with Crippen molar-refractivity contribution in [2.45, 2.75) is 52.2 Å². The predicted octanol–water partition coefficient (Wildman–Crippen LogP) is 5.84. The maximum atomic E-state index is 14.1. The molecule has 10 heteroatoms. The van der Waals surface area contributed by atoms with Gasteiger partial charge in [0.15, 0.2) is 0 Å². The van der Waals surface area contributed by atoms with Crippen molar-refractivity contribution in [3.63, 3.8) is 0 Å². The van der Waals surface area contributed by atoms with Gasteiger partial charge in [-0.1, -0.05) is 81.2 Å². The zero-order valence-electron chi connectivity index (χ0n) is 23.1. The first-order valence-electron chi connectivity index (χ1n) is 13.0. The Morgan fingerprint density at radius 2 is 1.60 bits per heavy atom. The SMILES string of the molecule is CCC(C)NC(=O)C(Cc1ccccc1)N(Cc1ccc(Br)cc1)C(=O)CN(c1ccc(Br)c(C)c1)S(C)(=O)=O. The minimum Gasteiger partial charge on any atom is -0.352 e. The third-order valence-corrected chi connectivity index (χ3v) is 9.21. The monoisotopic (exact) mass is 691 g/mol. The van der Waals surface area contributed by atoms with Crippen LogP contribution in [0.25, 0.3) is 0 Å². The smallest absolute Gasteiger partial charge is 0.244 e. The Balaban J connectivity index is 2.06. The Hall–Kier alpha value is -2.69. The van der Waals surface area contributed by atoms with Crippen LogP contribution < -0.4 is 9.62 Å². The number of benzene rings is 3. The molecule has 0 aromatic heterocycles. The average molecular weight is 694 g/mol. The fourth-order valence-electron chi connectivity index (χ4n) is 4.18. The molecule has 0 saturated heterocycles. The third kappa shape index (κ3) is 8.91. The van der Waals surface area contributed by atoms with Gasteiger partial charge in [0.25, 0.3) is 0 Å². The summed E-state index contributed by atoms with van der Waals surface area (Å²) in [5.74, 6) is -0.761. The van der Waals surface area contributed by atoms with Crippen LogP contribution in [0.3, 0.4) is 0 Å². The number of hydrogen-bond donors (Lipinski definition) is 1. The van der Waals surface area contributed by atoms with E-state index in [0.717, 1.165) is 42.6 Å². The number of aryl methyl sites for hydroxylation is 1. The number of hydrogen-bond acceptors (Lipinski definition) is 4. The molecule has 2 unspecified atom stereocenters. The van der Waals surface area contributed by atoms with E-state index >= 15 is 0 Å². The molecule has 214 valence electrons. The Bertz CT molecular complexity index is 1420. The van der Waals surface area contributed by atoms with E-state index in [2.05, 4.69) is 37.2 Å². The number of nitrogens with one attached hydrogen (secondary N) is 1. The summed E-state index contributed by atoms with van der Waals surface area (Å²) in [5.41, 5.74) is 2.92. The second-order valence-electron chi connectivity index (χ2n) is 9.87. The topological polar surface area (TPSA) is 86.8 Å². The number of sulfonamides is 1. The van der Waals surface area contributed by atoms with Gasteiger partial charge in [0.05, 0.1) is 11.9 Å². The molecule has 0 heterocycles. The average Bonchev–Trinajstić information content (AvgIpc) is 2.91. The Morgan fingerprint density at radius 3 is 2.17 bits per heavy atom. The van der Waals surface area contributed by atoms with Gasteiger partial charge in [-0.3, -0.25) is 13.9 Å². The number of carbonyl (C=O) groups is 2. The molecular weight excluding hydrogens is 658 g/mol. The number of rotatable bonds is 12. The van der Waals surface area contributed by atoms with E-state index in [4.69, 9.17) is 0 Å². The molecule has 0 fully saturated rings. The van der Waals surface area contributed by atoms with Gasteiger partial charge in [0.2, 0.25) is 21.8 Å². The summed E-state index contributed by atoms with van der Waals surface area (Å²) < 4.78 is 28.7. The van der Waals surface area contributed by atoms with Crippen LogP contribution in [-0.4, -0.2) is 50.0 Å². The van der Waals surface area contributed by atoms with Gasteiger partial charge in [-0.2, -0.15) is 0 Å². The van der Waals surface area contributed by atoms with Crippen LogP contribution in [0, 0.1) is 6.92 Å². The van der Waals surface area contributed by atoms with Crippen LogP contribution in [0.2, 0.25) is 0 Å². The molecule has 0 aliphatic rings. The largest absolute Gasteiger partial charge is 0.352 e. The lowest BCUT2D eigenvalue weighted by molar-refractivity contribution is -0.140. The fraction of sp³-hybridized carbons (Fsp3) is 0.333. The lowest BCUT2D eigenvalue weighted by Crippen LogP contribution is -2.54. The summed E-state index contributed by atoms with van der Waals surface area (Å²) in [6.07, 6.45) is 2.09. The molecule has 0 spiro atoms. The van der Waals surface area contributed by atoms with Gasteiger partial charge < -0.3 is 10.2 Å². The van der Waals surface area contributed by atoms with E-state index in [1.165, 1.54) is 4.90 Å². The normalized spacial score (nSPS) is 12.8. The number of halogens is 2. The van der Waals surface area contributed by atoms with Gasteiger partial charge in [-0.05, 0) is 67.3 Å². The van der Waals surface area contributed by atoms with Gasteiger partial charge in [-0.15, -0.1) is 0 Å². The summed E-state index contributed by atoms with van der Waals surface area (Å²) in [4.78, 5) is 29.3. The fourth-order valence-corrected chi connectivity index (χ4v) is 5.53. The van der Waals surface area contributed by atoms with E-state index in [-0.39, 0.29) is 24.9 Å². The Labute approximate surface area is 254 Å². The third-order valence-electron chi connectivity index (χ3n) is 6.65. The number of nitrogens with zero attached hydrogens (tertiary/aromatic N) is 2. The molecular formula is C30H35Br2N3O4S. The molecule has 0 aliphatic carbocycles. The Morgan fingerprint density at radius 1 is 0.950 bits per heavy atom. The van der Waals surface area contributed by atoms with Crippen LogP contribution >= 0.6 is 31.9 Å². The summed E-state index contributed by atoms with van der Waals surface area (Å²) in [5, 5.41) is 3.03. The number of anilines is 1. The van der Waals surface area contributed by atoms with Crippen LogP contribution in [0.4, 0.5) is 5.69 Å². The Kier molecular flexibility index (Phi) is 11.4. The first kappa shape index (κ1) is 31.8. The van der Waals surface area contributed by atoms with Crippen LogP contribution in [0.5, 0.6) is 0 Å². The van der Waals surface area contributed by atoms with Crippen molar-refractivity contribution in [1.82, 2.24) is 10.2 Å². The van der Waals surface area contributed by atoms with Crippen LogP contribution in [-0.2, 0) is 32.6 Å². The lowest BCUT2D eigenvalue weighted by Gasteiger charge is -2.34. The molecule has 3 rings (SSSR count). The van der Waals surface area contributed by atoms with E-state index in [0.29, 0.717) is 5.69 Å².